The minimum atomic E-state index is -1.08. The van der Waals surface area contributed by atoms with Crippen molar-refractivity contribution in [3.63, 3.8) is 0 Å². The number of rotatable bonds is 0. The third-order valence-corrected chi connectivity index (χ3v) is 3.24. The van der Waals surface area contributed by atoms with Gasteiger partial charge in [-0.1, -0.05) is 6.58 Å². The van der Waals surface area contributed by atoms with E-state index in [0.29, 0.717) is 23.7 Å². The molecule has 1 atom stereocenters. The zero-order valence-corrected chi connectivity index (χ0v) is 9.64. The van der Waals surface area contributed by atoms with Crippen molar-refractivity contribution in [3.8, 4) is 0 Å². The largest absolute Gasteiger partial charge is 0.352 e. The summed E-state index contributed by atoms with van der Waals surface area (Å²) in [4.78, 5) is 22.5. The standard InChI is InChI=1S/C10H14N2O3S/c1-8-2-3-9(13)11-5-7-16(15)6-4-10(14)12-8/h2-3H,1,4-7H2,(H,11,13)(H,12,14)/b3-2+. The van der Waals surface area contributed by atoms with E-state index in [9.17, 15) is 13.8 Å². The minimum Gasteiger partial charge on any atom is -0.352 e. The molecule has 2 N–H and O–H groups in total. The number of carbonyl (C=O) groups excluding carboxylic acids is 2. The molecule has 0 saturated heterocycles. The second-order valence-corrected chi connectivity index (χ2v) is 4.99. The molecule has 0 aromatic rings. The summed E-state index contributed by atoms with van der Waals surface area (Å²) in [5, 5.41) is 5.09. The van der Waals surface area contributed by atoms with Gasteiger partial charge in [-0.15, -0.1) is 0 Å². The number of hydrogen-bond donors (Lipinski definition) is 2. The fourth-order valence-corrected chi connectivity index (χ4v) is 2.06. The van der Waals surface area contributed by atoms with Crippen LogP contribution in [0.3, 0.4) is 0 Å². The number of allylic oxidation sites excluding steroid dienone is 1. The van der Waals surface area contributed by atoms with Crippen LogP contribution in [0.4, 0.5) is 0 Å². The van der Waals surface area contributed by atoms with E-state index < -0.39 is 10.8 Å². The van der Waals surface area contributed by atoms with Gasteiger partial charge in [-0.3, -0.25) is 13.8 Å². The van der Waals surface area contributed by atoms with E-state index in [-0.39, 0.29) is 18.2 Å². The molecular weight excluding hydrogens is 228 g/mol. The van der Waals surface area contributed by atoms with Gasteiger partial charge in [0.05, 0.1) is 0 Å². The van der Waals surface area contributed by atoms with E-state index >= 15 is 0 Å². The summed E-state index contributed by atoms with van der Waals surface area (Å²) in [5.74, 6) is 0.156. The SMILES string of the molecule is C=C1/C=C/C(=O)NCCS(=O)CCC(=O)N1. The predicted octanol–water partition coefficient (Wildman–Crippen LogP) is -0.559. The molecule has 0 saturated carbocycles. The summed E-state index contributed by atoms with van der Waals surface area (Å²) >= 11 is 0. The molecule has 5 nitrogen and oxygen atoms in total. The van der Waals surface area contributed by atoms with Gasteiger partial charge >= 0.3 is 0 Å². The molecule has 1 heterocycles. The van der Waals surface area contributed by atoms with E-state index in [0.717, 1.165) is 0 Å². The van der Waals surface area contributed by atoms with Crippen LogP contribution in [0.5, 0.6) is 0 Å². The summed E-state index contributed by atoms with van der Waals surface area (Å²) in [7, 11) is -1.08. The van der Waals surface area contributed by atoms with E-state index in [1.165, 1.54) is 12.2 Å². The van der Waals surface area contributed by atoms with Crippen molar-refractivity contribution in [1.82, 2.24) is 10.6 Å². The average molecular weight is 242 g/mol. The average Bonchev–Trinajstić information content (AvgIpc) is 2.22. The Morgan fingerprint density at radius 1 is 1.25 bits per heavy atom. The Morgan fingerprint density at radius 3 is 2.75 bits per heavy atom. The van der Waals surface area contributed by atoms with Crippen LogP contribution in [0, 0.1) is 0 Å². The molecule has 16 heavy (non-hydrogen) atoms. The lowest BCUT2D eigenvalue weighted by molar-refractivity contribution is -0.120. The van der Waals surface area contributed by atoms with Crippen LogP contribution < -0.4 is 10.6 Å². The number of amides is 2. The van der Waals surface area contributed by atoms with Crippen LogP contribution in [-0.2, 0) is 20.4 Å². The van der Waals surface area contributed by atoms with Crippen LogP contribution in [0.25, 0.3) is 0 Å². The smallest absolute Gasteiger partial charge is 0.244 e. The summed E-state index contributed by atoms with van der Waals surface area (Å²) in [6, 6.07) is 0. The highest BCUT2D eigenvalue weighted by Gasteiger charge is 2.07. The second kappa shape index (κ2) is 6.22. The summed E-state index contributed by atoms with van der Waals surface area (Å²) < 4.78 is 11.4. The molecule has 0 aromatic carbocycles. The Balaban J connectivity index is 2.66. The van der Waals surface area contributed by atoms with Crippen molar-refractivity contribution in [2.24, 2.45) is 0 Å². The van der Waals surface area contributed by atoms with Gasteiger partial charge in [-0.25, -0.2) is 0 Å². The molecule has 1 rings (SSSR count). The second-order valence-electron chi connectivity index (χ2n) is 3.30. The molecule has 0 radical (unpaired) electrons. The van der Waals surface area contributed by atoms with E-state index in [1.807, 2.05) is 0 Å². The Bertz CT molecular complexity index is 363. The van der Waals surface area contributed by atoms with Crippen LogP contribution >= 0.6 is 0 Å². The molecule has 0 aromatic heterocycles. The Morgan fingerprint density at radius 2 is 2.00 bits per heavy atom. The van der Waals surface area contributed by atoms with Crippen LogP contribution in [0.1, 0.15) is 6.42 Å². The monoisotopic (exact) mass is 242 g/mol. The van der Waals surface area contributed by atoms with Gasteiger partial charge in [0.25, 0.3) is 0 Å². The number of nitrogens with one attached hydrogen (secondary N) is 2. The van der Waals surface area contributed by atoms with E-state index in [4.69, 9.17) is 0 Å². The van der Waals surface area contributed by atoms with Gasteiger partial charge in [-0.2, -0.15) is 0 Å². The highest BCUT2D eigenvalue weighted by Crippen LogP contribution is 1.94. The molecule has 6 heteroatoms. The Kier molecular flexibility index (Phi) is 4.91. The zero-order valence-electron chi connectivity index (χ0n) is 8.82. The third-order valence-electron chi connectivity index (χ3n) is 1.92. The van der Waals surface area contributed by atoms with Crippen LogP contribution in [0.15, 0.2) is 24.4 Å². The number of carbonyl (C=O) groups is 2. The molecule has 1 unspecified atom stereocenters. The molecule has 1 aliphatic rings. The highest BCUT2D eigenvalue weighted by molar-refractivity contribution is 7.85. The molecule has 88 valence electrons. The molecule has 2 amide bonds. The number of hydrogen-bond acceptors (Lipinski definition) is 3. The molecule has 0 aliphatic carbocycles. The quantitative estimate of drug-likeness (QED) is 0.598. The van der Waals surface area contributed by atoms with E-state index in [1.54, 1.807) is 0 Å². The maximum atomic E-state index is 11.4. The van der Waals surface area contributed by atoms with Crippen molar-refractivity contribution < 1.29 is 13.8 Å². The summed E-state index contributed by atoms with van der Waals surface area (Å²) in [6.45, 7) is 3.92. The van der Waals surface area contributed by atoms with Crippen molar-refractivity contribution in [2.75, 3.05) is 18.1 Å². The normalized spacial score (nSPS) is 26.0. The first kappa shape index (κ1) is 12.6. The lowest BCUT2D eigenvalue weighted by Crippen LogP contribution is -2.29. The molecule has 0 bridgehead atoms. The predicted molar refractivity (Wildman–Crippen MR) is 61.9 cm³/mol. The van der Waals surface area contributed by atoms with Crippen LogP contribution in [-0.4, -0.2) is 34.1 Å². The highest BCUT2D eigenvalue weighted by atomic mass is 32.2. The van der Waals surface area contributed by atoms with Crippen molar-refractivity contribution in [3.05, 3.63) is 24.4 Å². The Hall–Kier alpha value is -1.43. The first-order valence-corrected chi connectivity index (χ1v) is 6.36. The molecule has 0 fully saturated rings. The maximum absolute atomic E-state index is 11.4. The first-order valence-electron chi connectivity index (χ1n) is 4.87. The summed E-state index contributed by atoms with van der Waals surface area (Å²) in [6.07, 6.45) is 2.92. The lowest BCUT2D eigenvalue weighted by atomic mass is 10.3. The fraction of sp³-hybridized carbons (Fsp3) is 0.400. The van der Waals surface area contributed by atoms with Gasteiger partial charge in [0.2, 0.25) is 11.8 Å². The van der Waals surface area contributed by atoms with E-state index in [2.05, 4.69) is 17.2 Å². The van der Waals surface area contributed by atoms with Crippen molar-refractivity contribution >= 4 is 22.6 Å². The molecule has 1 aliphatic heterocycles. The lowest BCUT2D eigenvalue weighted by Gasteiger charge is -2.07. The van der Waals surface area contributed by atoms with Crippen molar-refractivity contribution in [2.45, 2.75) is 6.42 Å². The van der Waals surface area contributed by atoms with Crippen LogP contribution in [0.2, 0.25) is 0 Å². The fourth-order valence-electron chi connectivity index (χ4n) is 1.12. The molecule has 0 spiro atoms. The zero-order chi connectivity index (χ0) is 12.0. The van der Waals surface area contributed by atoms with Gasteiger partial charge in [-0.05, 0) is 6.08 Å². The van der Waals surface area contributed by atoms with Gasteiger partial charge in [0.15, 0.2) is 0 Å². The van der Waals surface area contributed by atoms with Crippen molar-refractivity contribution in [1.29, 1.82) is 0 Å². The third kappa shape index (κ3) is 4.88. The minimum absolute atomic E-state index is 0.202. The summed E-state index contributed by atoms with van der Waals surface area (Å²) in [5.41, 5.74) is 0.353. The van der Waals surface area contributed by atoms with Gasteiger partial charge in [0, 0.05) is 47.0 Å². The van der Waals surface area contributed by atoms with Gasteiger partial charge < -0.3 is 10.6 Å². The Labute approximate surface area is 96.4 Å². The maximum Gasteiger partial charge on any atom is 0.244 e. The first-order chi connectivity index (χ1) is 7.58. The topological polar surface area (TPSA) is 75.3 Å². The van der Waals surface area contributed by atoms with Gasteiger partial charge in [0.1, 0.15) is 0 Å². The molecular formula is C10H14N2O3S.